The Hall–Kier alpha value is -3.06. The van der Waals surface area contributed by atoms with Crippen molar-refractivity contribution in [1.29, 1.82) is 0 Å². The average Bonchev–Trinajstić information content (AvgIpc) is 2.73. The third kappa shape index (κ3) is 7.12. The minimum atomic E-state index is -0.868. The van der Waals surface area contributed by atoms with E-state index in [0.29, 0.717) is 18.9 Å². The molecule has 0 saturated heterocycles. The van der Waals surface area contributed by atoms with E-state index in [4.69, 9.17) is 15.2 Å². The normalized spacial score (nSPS) is 11.5. The van der Waals surface area contributed by atoms with Crippen LogP contribution in [0.1, 0.15) is 35.2 Å². The number of esters is 1. The molecule has 0 aliphatic carbocycles. The fourth-order valence-corrected chi connectivity index (χ4v) is 2.83. The van der Waals surface area contributed by atoms with Gasteiger partial charge < -0.3 is 25.6 Å². The number of unbranched alkanes of at least 4 members (excludes halogenated alkanes) is 2. The van der Waals surface area contributed by atoms with Gasteiger partial charge in [0, 0.05) is 12.5 Å². The lowest BCUT2D eigenvalue weighted by Gasteiger charge is -2.17. The van der Waals surface area contributed by atoms with E-state index in [2.05, 4.69) is 5.32 Å². The van der Waals surface area contributed by atoms with Gasteiger partial charge in [-0.1, -0.05) is 30.3 Å². The minimum Gasteiger partial charge on any atom is -0.507 e. The van der Waals surface area contributed by atoms with Crippen LogP contribution in [-0.2, 0) is 16.0 Å². The van der Waals surface area contributed by atoms with Crippen LogP contribution in [0.4, 0.5) is 0 Å². The zero-order chi connectivity index (χ0) is 21.1. The number of carbonyl (C=O) groups is 2. The number of methoxy groups -OCH3 is 1. The van der Waals surface area contributed by atoms with E-state index in [1.54, 1.807) is 6.07 Å². The Balaban J connectivity index is 2.00. The van der Waals surface area contributed by atoms with Gasteiger partial charge in [0.2, 0.25) is 0 Å². The van der Waals surface area contributed by atoms with Crippen LogP contribution < -0.4 is 15.8 Å². The number of hydrogen-bond donors (Lipinski definition) is 3. The number of benzene rings is 2. The highest BCUT2D eigenvalue weighted by Gasteiger charge is 2.24. The molecule has 0 aromatic heterocycles. The molecule has 1 atom stereocenters. The first-order valence-electron chi connectivity index (χ1n) is 9.63. The second-order valence-electron chi connectivity index (χ2n) is 6.62. The maximum absolute atomic E-state index is 12.6. The van der Waals surface area contributed by atoms with Crippen molar-refractivity contribution >= 4 is 11.9 Å². The van der Waals surface area contributed by atoms with E-state index >= 15 is 0 Å². The quantitative estimate of drug-likeness (QED) is 0.395. The van der Waals surface area contributed by atoms with E-state index in [1.807, 2.05) is 30.3 Å². The Morgan fingerprint density at radius 1 is 1.10 bits per heavy atom. The molecule has 0 spiro atoms. The van der Waals surface area contributed by atoms with Crippen LogP contribution in [0.15, 0.2) is 48.5 Å². The lowest BCUT2D eigenvalue weighted by molar-refractivity contribution is -0.142. The minimum absolute atomic E-state index is 0.0578. The lowest BCUT2D eigenvalue weighted by atomic mass is 10.1. The zero-order valence-corrected chi connectivity index (χ0v) is 16.6. The van der Waals surface area contributed by atoms with Crippen molar-refractivity contribution < 1.29 is 24.2 Å². The van der Waals surface area contributed by atoms with E-state index < -0.39 is 17.9 Å². The second-order valence-corrected chi connectivity index (χ2v) is 6.62. The van der Waals surface area contributed by atoms with Gasteiger partial charge in [0.05, 0.1) is 19.3 Å². The Kier molecular flexibility index (Phi) is 8.98. The van der Waals surface area contributed by atoms with Crippen molar-refractivity contribution in [3.63, 3.8) is 0 Å². The summed E-state index contributed by atoms with van der Waals surface area (Å²) in [5.41, 5.74) is 6.39. The number of nitrogens with one attached hydrogen (secondary N) is 1. The van der Waals surface area contributed by atoms with Gasteiger partial charge in [-0.25, -0.2) is 4.79 Å². The van der Waals surface area contributed by atoms with E-state index in [0.717, 1.165) is 24.8 Å². The van der Waals surface area contributed by atoms with Crippen molar-refractivity contribution in [2.24, 2.45) is 5.73 Å². The molecule has 0 aliphatic heterocycles. The number of nitrogens with two attached hydrogens (primary N) is 1. The van der Waals surface area contributed by atoms with Crippen LogP contribution in [0.25, 0.3) is 0 Å². The smallest absolute Gasteiger partial charge is 0.328 e. The molecular weight excluding hydrogens is 372 g/mol. The summed E-state index contributed by atoms with van der Waals surface area (Å²) >= 11 is 0. The predicted molar refractivity (Wildman–Crippen MR) is 110 cm³/mol. The number of phenolic OH excluding ortho intramolecular Hbond substituents is 1. The molecule has 0 saturated carbocycles. The highest BCUT2D eigenvalue weighted by Crippen LogP contribution is 2.24. The molecule has 0 radical (unpaired) electrons. The molecule has 29 heavy (non-hydrogen) atoms. The Labute approximate surface area is 170 Å². The van der Waals surface area contributed by atoms with E-state index in [9.17, 15) is 14.7 Å². The van der Waals surface area contributed by atoms with Crippen LogP contribution >= 0.6 is 0 Å². The molecule has 7 heteroatoms. The number of rotatable bonds is 11. The van der Waals surface area contributed by atoms with Crippen molar-refractivity contribution in [2.45, 2.75) is 31.7 Å². The van der Waals surface area contributed by atoms with Crippen LogP contribution in [-0.4, -0.2) is 43.3 Å². The molecule has 156 valence electrons. The second kappa shape index (κ2) is 11.7. The summed E-state index contributed by atoms with van der Waals surface area (Å²) in [5, 5.41) is 12.9. The van der Waals surface area contributed by atoms with Crippen molar-refractivity contribution in [1.82, 2.24) is 5.32 Å². The molecule has 0 aliphatic rings. The Bertz CT molecular complexity index is 795. The largest absolute Gasteiger partial charge is 0.507 e. The van der Waals surface area contributed by atoms with Crippen LogP contribution in [0.2, 0.25) is 0 Å². The highest BCUT2D eigenvalue weighted by atomic mass is 16.5. The molecule has 7 nitrogen and oxygen atoms in total. The van der Waals surface area contributed by atoms with E-state index in [1.165, 1.54) is 19.2 Å². The standard InChI is InChI=1S/C22H28N2O5/c1-28-22(27)19(14-16-8-4-2-5-9-16)24-21(26)18-11-10-17(15-20(18)25)29-13-7-3-6-12-23/h2,4-5,8-11,15,19,25H,3,6-7,12-14,23H2,1H3,(H,24,26). The highest BCUT2D eigenvalue weighted by molar-refractivity contribution is 5.99. The van der Waals surface area contributed by atoms with E-state index in [-0.39, 0.29) is 17.7 Å². The first kappa shape index (κ1) is 22.2. The fraction of sp³-hybridized carbons (Fsp3) is 0.364. The molecular formula is C22H28N2O5. The number of carbonyl (C=O) groups excluding carboxylic acids is 2. The predicted octanol–water partition coefficient (Wildman–Crippen LogP) is 2.41. The monoisotopic (exact) mass is 400 g/mol. The van der Waals surface area contributed by atoms with Crippen molar-refractivity contribution in [3.05, 3.63) is 59.7 Å². The van der Waals surface area contributed by atoms with Crippen LogP contribution in [0.3, 0.4) is 0 Å². The molecule has 2 aromatic carbocycles. The third-order valence-corrected chi connectivity index (χ3v) is 4.40. The zero-order valence-electron chi connectivity index (χ0n) is 16.6. The van der Waals surface area contributed by atoms with Gasteiger partial charge in [0.25, 0.3) is 5.91 Å². The summed E-state index contributed by atoms with van der Waals surface area (Å²) in [6, 6.07) is 12.9. The first-order valence-corrected chi connectivity index (χ1v) is 9.63. The van der Waals surface area contributed by atoms with Crippen molar-refractivity contribution in [3.8, 4) is 11.5 Å². The summed E-state index contributed by atoms with van der Waals surface area (Å²) in [6.07, 6.45) is 3.06. The summed E-state index contributed by atoms with van der Waals surface area (Å²) < 4.78 is 10.4. The molecule has 1 amide bonds. The van der Waals surface area contributed by atoms with Gasteiger partial charge in [-0.2, -0.15) is 0 Å². The molecule has 4 N–H and O–H groups in total. The Morgan fingerprint density at radius 3 is 2.52 bits per heavy atom. The first-order chi connectivity index (χ1) is 14.0. The molecule has 0 bridgehead atoms. The fourth-order valence-electron chi connectivity index (χ4n) is 2.83. The number of hydrogen-bond acceptors (Lipinski definition) is 6. The van der Waals surface area contributed by atoms with Gasteiger partial charge in [-0.05, 0) is 43.5 Å². The summed E-state index contributed by atoms with van der Waals surface area (Å²) in [4.78, 5) is 24.7. The maximum Gasteiger partial charge on any atom is 0.328 e. The number of ether oxygens (including phenoxy) is 2. The summed E-state index contributed by atoms with van der Waals surface area (Å²) in [7, 11) is 1.27. The number of phenols is 1. The van der Waals surface area contributed by atoms with Gasteiger partial charge in [-0.3, -0.25) is 4.79 Å². The number of amides is 1. The molecule has 0 fully saturated rings. The molecule has 0 heterocycles. The maximum atomic E-state index is 12.6. The lowest BCUT2D eigenvalue weighted by Crippen LogP contribution is -2.43. The van der Waals surface area contributed by atoms with Gasteiger partial charge in [0.15, 0.2) is 0 Å². The van der Waals surface area contributed by atoms with Gasteiger partial charge >= 0.3 is 5.97 Å². The topological polar surface area (TPSA) is 111 Å². The third-order valence-electron chi connectivity index (χ3n) is 4.40. The SMILES string of the molecule is COC(=O)C(Cc1ccccc1)NC(=O)c1ccc(OCCCCCN)cc1O. The Morgan fingerprint density at radius 2 is 1.86 bits per heavy atom. The molecule has 1 unspecified atom stereocenters. The van der Waals surface area contributed by atoms with Gasteiger partial charge in [0.1, 0.15) is 17.5 Å². The summed E-state index contributed by atoms with van der Waals surface area (Å²) in [6.45, 7) is 1.16. The van der Waals surface area contributed by atoms with Crippen LogP contribution in [0.5, 0.6) is 11.5 Å². The number of aromatic hydroxyl groups is 1. The van der Waals surface area contributed by atoms with Crippen molar-refractivity contribution in [2.75, 3.05) is 20.3 Å². The molecule has 2 rings (SSSR count). The molecule has 2 aromatic rings. The van der Waals surface area contributed by atoms with Crippen LogP contribution in [0, 0.1) is 0 Å². The summed E-state index contributed by atoms with van der Waals surface area (Å²) in [5.74, 6) is -0.867. The van der Waals surface area contributed by atoms with Gasteiger partial charge in [-0.15, -0.1) is 0 Å². The average molecular weight is 400 g/mol.